The first-order chi connectivity index (χ1) is 5.33. The second-order valence-corrected chi connectivity index (χ2v) is 3.01. The van der Waals surface area contributed by atoms with E-state index in [1.165, 1.54) is 5.56 Å². The molecule has 0 atom stereocenters. The summed E-state index contributed by atoms with van der Waals surface area (Å²) in [7, 11) is 0. The van der Waals surface area contributed by atoms with E-state index in [0.717, 1.165) is 11.3 Å². The molecule has 0 amide bonds. The average Bonchev–Trinajstić information content (AvgIpc) is 2.06. The Kier molecular flexibility index (Phi) is 3.33. The Morgan fingerprint density at radius 1 is 1.27 bits per heavy atom. The molecule has 0 bridgehead atoms. The summed E-state index contributed by atoms with van der Waals surface area (Å²) in [6, 6.07) is 10.1. The van der Waals surface area contributed by atoms with Gasteiger partial charge >= 0.3 is 0 Å². The molecule has 0 aromatic heterocycles. The van der Waals surface area contributed by atoms with Gasteiger partial charge < -0.3 is 0 Å². The minimum atomic E-state index is 0.791. The molecule has 11 heavy (non-hydrogen) atoms. The number of hydrogen-bond donors (Lipinski definition) is 0. The van der Waals surface area contributed by atoms with E-state index in [9.17, 15) is 0 Å². The van der Waals surface area contributed by atoms with Gasteiger partial charge in [0.05, 0.1) is 0 Å². The van der Waals surface area contributed by atoms with Crippen molar-refractivity contribution in [2.75, 3.05) is 0 Å². The third-order valence-corrected chi connectivity index (χ3v) is 2.05. The highest BCUT2D eigenvalue weighted by Gasteiger charge is 1.93. The van der Waals surface area contributed by atoms with Crippen molar-refractivity contribution in [3.8, 4) is 0 Å². The molecule has 1 aromatic carbocycles. The summed E-state index contributed by atoms with van der Waals surface area (Å²) in [4.78, 5) is 0.825. The predicted molar refractivity (Wildman–Crippen MR) is 56.4 cm³/mol. The second kappa shape index (κ2) is 4.31. The summed E-state index contributed by atoms with van der Waals surface area (Å²) < 4.78 is 0. The maximum Gasteiger partial charge on any atom is 0.0303 e. The molecule has 1 aromatic rings. The largest absolute Gasteiger partial charge is 0.0875 e. The van der Waals surface area contributed by atoms with E-state index in [-0.39, 0.29) is 0 Å². The predicted octanol–water partition coefficient (Wildman–Crippen LogP) is 2.60. The normalized spacial score (nSPS) is 9.09. The van der Waals surface area contributed by atoms with Crippen LogP contribution in [0.2, 0.25) is 0 Å². The van der Waals surface area contributed by atoms with Crippen molar-refractivity contribution in [2.24, 2.45) is 0 Å². The summed E-state index contributed by atoms with van der Waals surface area (Å²) in [5, 5.41) is 1.56. The standard InChI is InChI=1S/C9H8S2/c10-7-9(11)6-8-4-2-1-3-5-8/h1-5,7H,6H2. The zero-order valence-electron chi connectivity index (χ0n) is 5.99. The molecule has 0 saturated heterocycles. The summed E-state index contributed by atoms with van der Waals surface area (Å²) in [5.74, 6) is 0. The van der Waals surface area contributed by atoms with Crippen LogP contribution in [0.15, 0.2) is 30.3 Å². The molecule has 0 unspecified atom stereocenters. The Bertz CT molecular complexity index is 252. The number of rotatable bonds is 3. The molecule has 0 aliphatic carbocycles. The molecule has 56 valence electrons. The van der Waals surface area contributed by atoms with Gasteiger partial charge in [0, 0.05) is 16.7 Å². The lowest BCUT2D eigenvalue weighted by atomic mass is 10.1. The van der Waals surface area contributed by atoms with E-state index in [0.29, 0.717) is 0 Å². The van der Waals surface area contributed by atoms with Gasteiger partial charge in [-0.05, 0) is 5.56 Å². The molecular formula is C9H8S2. The van der Waals surface area contributed by atoms with Crippen LogP contribution in [0.1, 0.15) is 5.56 Å². The van der Waals surface area contributed by atoms with Crippen LogP contribution in [0.25, 0.3) is 0 Å². The van der Waals surface area contributed by atoms with Gasteiger partial charge in [0.1, 0.15) is 0 Å². The summed E-state index contributed by atoms with van der Waals surface area (Å²) >= 11 is 9.69. The Morgan fingerprint density at radius 3 is 2.45 bits per heavy atom. The number of benzene rings is 1. The van der Waals surface area contributed by atoms with Crippen LogP contribution in [0.5, 0.6) is 0 Å². The highest BCUT2D eigenvalue weighted by Crippen LogP contribution is 1.99. The van der Waals surface area contributed by atoms with Crippen molar-refractivity contribution in [2.45, 2.75) is 6.42 Å². The topological polar surface area (TPSA) is 0 Å². The van der Waals surface area contributed by atoms with Crippen LogP contribution >= 0.6 is 24.4 Å². The zero-order chi connectivity index (χ0) is 8.10. The summed E-state index contributed by atoms with van der Waals surface area (Å²) in [6.07, 6.45) is 0.791. The van der Waals surface area contributed by atoms with Crippen molar-refractivity contribution in [3.63, 3.8) is 0 Å². The first-order valence-electron chi connectivity index (χ1n) is 3.35. The van der Waals surface area contributed by atoms with Crippen molar-refractivity contribution >= 4 is 34.7 Å². The van der Waals surface area contributed by atoms with Crippen molar-refractivity contribution < 1.29 is 0 Å². The molecule has 0 saturated carbocycles. The third kappa shape index (κ3) is 2.87. The van der Waals surface area contributed by atoms with Crippen LogP contribution in [0.4, 0.5) is 0 Å². The summed E-state index contributed by atoms with van der Waals surface area (Å²) in [5.41, 5.74) is 1.22. The molecule has 0 N–H and O–H groups in total. The van der Waals surface area contributed by atoms with Gasteiger partial charge in [-0.3, -0.25) is 0 Å². The lowest BCUT2D eigenvalue weighted by molar-refractivity contribution is 1.37. The molecule has 2 heteroatoms. The van der Waals surface area contributed by atoms with Crippen molar-refractivity contribution in [3.05, 3.63) is 35.9 Å². The average molecular weight is 180 g/mol. The van der Waals surface area contributed by atoms with Gasteiger partial charge in [0.25, 0.3) is 0 Å². The molecule has 0 nitrogen and oxygen atoms in total. The van der Waals surface area contributed by atoms with Crippen molar-refractivity contribution in [1.82, 2.24) is 0 Å². The molecule has 0 radical (unpaired) electrons. The molecule has 1 rings (SSSR count). The Morgan fingerprint density at radius 2 is 1.91 bits per heavy atom. The third-order valence-electron chi connectivity index (χ3n) is 1.35. The lowest BCUT2D eigenvalue weighted by Gasteiger charge is -1.96. The molecule has 0 aliphatic rings. The molecule has 0 fully saturated rings. The smallest absolute Gasteiger partial charge is 0.0303 e. The summed E-state index contributed by atoms with van der Waals surface area (Å²) in [6.45, 7) is 0. The second-order valence-electron chi connectivity index (χ2n) is 2.25. The van der Waals surface area contributed by atoms with Gasteiger partial charge in [-0.2, -0.15) is 0 Å². The van der Waals surface area contributed by atoms with Gasteiger partial charge in [-0.1, -0.05) is 54.8 Å². The fourth-order valence-corrected chi connectivity index (χ4v) is 1.09. The Balaban J connectivity index is 2.65. The maximum atomic E-state index is 4.98. The minimum Gasteiger partial charge on any atom is -0.0875 e. The van der Waals surface area contributed by atoms with Crippen LogP contribution in [0, 0.1) is 0 Å². The molecule has 0 heterocycles. The van der Waals surface area contributed by atoms with Gasteiger partial charge in [-0.25, -0.2) is 0 Å². The van der Waals surface area contributed by atoms with E-state index in [1.807, 2.05) is 30.3 Å². The zero-order valence-corrected chi connectivity index (χ0v) is 7.62. The molecule has 0 aliphatic heterocycles. The molecular weight excluding hydrogens is 172 g/mol. The van der Waals surface area contributed by atoms with Gasteiger partial charge in [0.15, 0.2) is 0 Å². The first-order valence-corrected chi connectivity index (χ1v) is 4.23. The highest BCUT2D eigenvalue weighted by atomic mass is 32.1. The van der Waals surface area contributed by atoms with E-state index in [2.05, 4.69) is 0 Å². The van der Waals surface area contributed by atoms with E-state index in [1.54, 1.807) is 5.37 Å². The van der Waals surface area contributed by atoms with Gasteiger partial charge in [0.2, 0.25) is 0 Å². The maximum absolute atomic E-state index is 4.98. The van der Waals surface area contributed by atoms with Crippen LogP contribution in [-0.4, -0.2) is 10.2 Å². The lowest BCUT2D eigenvalue weighted by Crippen LogP contribution is -1.98. The Hall–Kier alpha value is -0.600. The number of thiocarbonyl (C=S) groups is 2. The van der Waals surface area contributed by atoms with Crippen LogP contribution in [0.3, 0.4) is 0 Å². The minimum absolute atomic E-state index is 0.791. The fourth-order valence-electron chi connectivity index (χ4n) is 0.839. The van der Waals surface area contributed by atoms with E-state index >= 15 is 0 Å². The fraction of sp³-hybridized carbons (Fsp3) is 0.111. The monoisotopic (exact) mass is 180 g/mol. The first kappa shape index (κ1) is 8.50. The number of hydrogen-bond acceptors (Lipinski definition) is 2. The van der Waals surface area contributed by atoms with E-state index < -0.39 is 0 Å². The van der Waals surface area contributed by atoms with E-state index in [4.69, 9.17) is 24.4 Å². The van der Waals surface area contributed by atoms with Gasteiger partial charge in [-0.15, -0.1) is 0 Å². The SMILES string of the molecule is S=CC(=S)Cc1ccccc1. The van der Waals surface area contributed by atoms with Crippen molar-refractivity contribution in [1.29, 1.82) is 0 Å². The van der Waals surface area contributed by atoms with Crippen LogP contribution in [-0.2, 0) is 6.42 Å². The van der Waals surface area contributed by atoms with Crippen LogP contribution < -0.4 is 0 Å². The molecule has 0 spiro atoms. The highest BCUT2D eigenvalue weighted by molar-refractivity contribution is 7.88. The quantitative estimate of drug-likeness (QED) is 0.656. The Labute approximate surface area is 77.2 Å².